The average Bonchev–Trinajstić information content (AvgIpc) is 2.74. The maximum atomic E-state index is 12.5. The van der Waals surface area contributed by atoms with Crippen LogP contribution in [0, 0.1) is 6.92 Å². The fourth-order valence-electron chi connectivity index (χ4n) is 2.77. The van der Waals surface area contributed by atoms with Gasteiger partial charge >= 0.3 is 0 Å². The van der Waals surface area contributed by atoms with Crippen LogP contribution in [-0.2, 0) is 6.54 Å². The number of carbonyl (C=O) groups is 2. The number of rotatable bonds is 6. The van der Waals surface area contributed by atoms with E-state index in [4.69, 9.17) is 4.74 Å². The van der Waals surface area contributed by atoms with E-state index >= 15 is 0 Å². The van der Waals surface area contributed by atoms with Gasteiger partial charge in [0, 0.05) is 28.9 Å². The van der Waals surface area contributed by atoms with E-state index in [-0.39, 0.29) is 11.8 Å². The number of carbonyl (C=O) groups excluding carboxylic acids is 2. The van der Waals surface area contributed by atoms with E-state index in [1.54, 1.807) is 31.4 Å². The molecule has 3 aromatic carbocycles. The maximum absolute atomic E-state index is 12.5. The molecule has 0 aliphatic carbocycles. The Morgan fingerprint density at radius 2 is 1.54 bits per heavy atom. The molecule has 0 atom stereocenters. The molecule has 5 nitrogen and oxygen atoms in total. The van der Waals surface area contributed by atoms with Crippen molar-refractivity contribution in [3.05, 3.63) is 95.1 Å². The molecule has 142 valence electrons. The molecule has 5 heteroatoms. The van der Waals surface area contributed by atoms with Gasteiger partial charge in [-0.15, -0.1) is 0 Å². The van der Waals surface area contributed by atoms with Crippen molar-refractivity contribution in [3.63, 3.8) is 0 Å². The van der Waals surface area contributed by atoms with Crippen LogP contribution in [0.1, 0.15) is 31.8 Å². The van der Waals surface area contributed by atoms with Gasteiger partial charge in [0.25, 0.3) is 11.8 Å². The van der Waals surface area contributed by atoms with Gasteiger partial charge in [-0.2, -0.15) is 0 Å². The Morgan fingerprint density at radius 1 is 0.857 bits per heavy atom. The van der Waals surface area contributed by atoms with Gasteiger partial charge in [0.05, 0.1) is 7.11 Å². The highest BCUT2D eigenvalue weighted by Gasteiger charge is 2.11. The average molecular weight is 374 g/mol. The SMILES string of the molecule is COc1ccccc1CNC(=O)c1cccc(C(=O)Nc2ccc(C)cc2)c1. The highest BCUT2D eigenvalue weighted by molar-refractivity contribution is 6.06. The lowest BCUT2D eigenvalue weighted by Gasteiger charge is -2.10. The summed E-state index contributed by atoms with van der Waals surface area (Å²) in [7, 11) is 1.59. The summed E-state index contributed by atoms with van der Waals surface area (Å²) in [4.78, 5) is 25.0. The normalized spacial score (nSPS) is 10.2. The van der Waals surface area contributed by atoms with Crippen LogP contribution >= 0.6 is 0 Å². The second kappa shape index (κ2) is 8.86. The molecule has 0 radical (unpaired) electrons. The van der Waals surface area contributed by atoms with E-state index < -0.39 is 0 Å². The zero-order valence-corrected chi connectivity index (χ0v) is 15.9. The fourth-order valence-corrected chi connectivity index (χ4v) is 2.77. The summed E-state index contributed by atoms with van der Waals surface area (Å²) in [6.07, 6.45) is 0. The minimum Gasteiger partial charge on any atom is -0.496 e. The van der Waals surface area contributed by atoms with Gasteiger partial charge < -0.3 is 15.4 Å². The molecule has 28 heavy (non-hydrogen) atoms. The lowest BCUT2D eigenvalue weighted by atomic mass is 10.1. The molecule has 3 rings (SSSR count). The van der Waals surface area contributed by atoms with Crippen molar-refractivity contribution in [2.75, 3.05) is 12.4 Å². The Hall–Kier alpha value is -3.60. The third kappa shape index (κ3) is 4.76. The summed E-state index contributed by atoms with van der Waals surface area (Å²) in [6, 6.07) is 21.7. The Labute approximate surface area is 164 Å². The number of hydrogen-bond acceptors (Lipinski definition) is 3. The van der Waals surface area contributed by atoms with Gasteiger partial charge in [-0.05, 0) is 43.3 Å². The Morgan fingerprint density at radius 3 is 2.25 bits per heavy atom. The van der Waals surface area contributed by atoms with Gasteiger partial charge in [-0.3, -0.25) is 9.59 Å². The molecule has 0 unspecified atom stereocenters. The number of aryl methyl sites for hydroxylation is 1. The lowest BCUT2D eigenvalue weighted by molar-refractivity contribution is 0.0950. The van der Waals surface area contributed by atoms with Crippen molar-refractivity contribution in [3.8, 4) is 5.75 Å². The lowest BCUT2D eigenvalue weighted by Crippen LogP contribution is -2.23. The summed E-state index contributed by atoms with van der Waals surface area (Å²) in [5, 5.41) is 5.70. The standard InChI is InChI=1S/C23H22N2O3/c1-16-10-12-20(13-11-16)25-23(27)18-8-5-7-17(14-18)22(26)24-15-19-6-3-4-9-21(19)28-2/h3-14H,15H2,1-2H3,(H,24,26)(H,25,27). The molecule has 0 spiro atoms. The Kier molecular flexibility index (Phi) is 6.07. The largest absolute Gasteiger partial charge is 0.496 e. The van der Waals surface area contributed by atoms with E-state index in [0.29, 0.717) is 29.1 Å². The summed E-state index contributed by atoms with van der Waals surface area (Å²) in [5.74, 6) is 0.202. The van der Waals surface area contributed by atoms with Gasteiger partial charge in [-0.25, -0.2) is 0 Å². The highest BCUT2D eigenvalue weighted by atomic mass is 16.5. The van der Waals surface area contributed by atoms with Crippen LogP contribution in [0.15, 0.2) is 72.8 Å². The first-order valence-electron chi connectivity index (χ1n) is 8.95. The number of ether oxygens (including phenoxy) is 1. The molecule has 2 N–H and O–H groups in total. The van der Waals surface area contributed by atoms with E-state index in [0.717, 1.165) is 11.1 Å². The van der Waals surface area contributed by atoms with Crippen molar-refractivity contribution in [2.45, 2.75) is 13.5 Å². The number of nitrogens with one attached hydrogen (secondary N) is 2. The second-order valence-electron chi connectivity index (χ2n) is 6.40. The summed E-state index contributed by atoms with van der Waals surface area (Å²) >= 11 is 0. The van der Waals surface area contributed by atoms with E-state index in [9.17, 15) is 9.59 Å². The van der Waals surface area contributed by atoms with Gasteiger partial charge in [0.2, 0.25) is 0 Å². The summed E-state index contributed by atoms with van der Waals surface area (Å²) in [6.45, 7) is 2.32. The zero-order valence-electron chi connectivity index (χ0n) is 15.9. The molecular formula is C23H22N2O3. The van der Waals surface area contributed by atoms with Crippen molar-refractivity contribution >= 4 is 17.5 Å². The third-order valence-corrected chi connectivity index (χ3v) is 4.33. The molecule has 0 bridgehead atoms. The first-order chi connectivity index (χ1) is 13.6. The first kappa shape index (κ1) is 19.2. The first-order valence-corrected chi connectivity index (χ1v) is 8.95. The monoisotopic (exact) mass is 374 g/mol. The van der Waals surface area contributed by atoms with E-state index in [2.05, 4.69) is 10.6 Å². The van der Waals surface area contributed by atoms with Gasteiger partial charge in [0.15, 0.2) is 0 Å². The second-order valence-corrected chi connectivity index (χ2v) is 6.40. The Bertz CT molecular complexity index is 981. The molecule has 0 saturated heterocycles. The molecule has 0 saturated carbocycles. The van der Waals surface area contributed by atoms with Crippen LogP contribution in [-0.4, -0.2) is 18.9 Å². The van der Waals surface area contributed by atoms with Crippen LogP contribution in [0.3, 0.4) is 0 Å². The van der Waals surface area contributed by atoms with Crippen molar-refractivity contribution in [1.29, 1.82) is 0 Å². The molecule has 0 aliphatic rings. The molecule has 3 aromatic rings. The van der Waals surface area contributed by atoms with Crippen molar-refractivity contribution in [2.24, 2.45) is 0 Å². The Balaban J connectivity index is 1.67. The molecule has 0 aliphatic heterocycles. The maximum Gasteiger partial charge on any atom is 0.255 e. The van der Waals surface area contributed by atoms with Crippen LogP contribution in [0.25, 0.3) is 0 Å². The molecule has 2 amide bonds. The van der Waals surface area contributed by atoms with E-state index in [1.807, 2.05) is 55.5 Å². The summed E-state index contributed by atoms with van der Waals surface area (Å²) < 4.78 is 5.29. The molecule has 0 fully saturated rings. The van der Waals surface area contributed by atoms with Crippen molar-refractivity contribution < 1.29 is 14.3 Å². The minimum absolute atomic E-state index is 0.254. The van der Waals surface area contributed by atoms with Crippen molar-refractivity contribution in [1.82, 2.24) is 5.32 Å². The number of benzene rings is 3. The molecular weight excluding hydrogens is 352 g/mol. The number of anilines is 1. The van der Waals surface area contributed by atoms with E-state index in [1.165, 1.54) is 0 Å². The predicted octanol–water partition coefficient (Wildman–Crippen LogP) is 4.19. The smallest absolute Gasteiger partial charge is 0.255 e. The molecule has 0 heterocycles. The zero-order chi connectivity index (χ0) is 19.9. The van der Waals surface area contributed by atoms with Crippen LogP contribution in [0.2, 0.25) is 0 Å². The van der Waals surface area contributed by atoms with Crippen LogP contribution in [0.5, 0.6) is 5.75 Å². The van der Waals surface area contributed by atoms with Crippen LogP contribution < -0.4 is 15.4 Å². The number of para-hydroxylation sites is 1. The predicted molar refractivity (Wildman–Crippen MR) is 110 cm³/mol. The number of methoxy groups -OCH3 is 1. The highest BCUT2D eigenvalue weighted by Crippen LogP contribution is 2.17. The molecule has 0 aromatic heterocycles. The third-order valence-electron chi connectivity index (χ3n) is 4.33. The fraction of sp³-hybridized carbons (Fsp3) is 0.130. The minimum atomic E-state index is -0.261. The van der Waals surface area contributed by atoms with Crippen LogP contribution in [0.4, 0.5) is 5.69 Å². The number of amides is 2. The quantitative estimate of drug-likeness (QED) is 0.680. The topological polar surface area (TPSA) is 67.4 Å². The summed E-state index contributed by atoms with van der Waals surface area (Å²) in [5.41, 5.74) is 3.55. The van der Waals surface area contributed by atoms with Gasteiger partial charge in [-0.1, -0.05) is 42.0 Å². The number of hydrogen-bond donors (Lipinski definition) is 2. The van der Waals surface area contributed by atoms with Gasteiger partial charge in [0.1, 0.15) is 5.75 Å².